The van der Waals surface area contributed by atoms with E-state index in [1.54, 1.807) is 44.3 Å². The number of hydrogen-bond donors (Lipinski definition) is 1. The van der Waals surface area contributed by atoms with E-state index in [9.17, 15) is 4.79 Å². The van der Waals surface area contributed by atoms with Gasteiger partial charge in [0.1, 0.15) is 0 Å². The van der Waals surface area contributed by atoms with Crippen LogP contribution < -0.4 is 5.73 Å². The molecule has 1 amide bonds. The molecular formula is C10H14N6O. The number of carbonyl (C=O) groups is 1. The molecule has 2 heterocycles. The quantitative estimate of drug-likeness (QED) is 0.786. The average molecular weight is 234 g/mol. The zero-order valence-electron chi connectivity index (χ0n) is 9.95. The van der Waals surface area contributed by atoms with Crippen LogP contribution in [0.25, 0.3) is 5.82 Å². The first-order valence-electron chi connectivity index (χ1n) is 5.06. The second-order valence-electron chi connectivity index (χ2n) is 3.93. The highest BCUT2D eigenvalue weighted by molar-refractivity contribution is 5.91. The van der Waals surface area contributed by atoms with Gasteiger partial charge in [-0.3, -0.25) is 9.48 Å². The van der Waals surface area contributed by atoms with Crippen molar-refractivity contribution in [3.63, 3.8) is 0 Å². The molecule has 0 spiro atoms. The number of carbonyl (C=O) groups excluding carboxylic acids is 1. The minimum absolute atomic E-state index is 0.154. The van der Waals surface area contributed by atoms with Gasteiger partial charge < -0.3 is 10.6 Å². The van der Waals surface area contributed by atoms with E-state index >= 15 is 0 Å². The standard InChI is InChI=1S/C10H14N6O/c1-14(2)10(17)8-4-5-16(12-8)9-7(11)6-15(3)13-9/h4-6H,11H2,1-3H3. The predicted octanol–water partition coefficient (Wildman–Crippen LogP) is -0.110. The third-order valence-electron chi connectivity index (χ3n) is 2.27. The Hall–Kier alpha value is -2.31. The van der Waals surface area contributed by atoms with Gasteiger partial charge in [0.05, 0.1) is 5.69 Å². The summed E-state index contributed by atoms with van der Waals surface area (Å²) in [5, 5.41) is 8.31. The molecule has 7 heteroatoms. The Morgan fingerprint density at radius 2 is 2.12 bits per heavy atom. The van der Waals surface area contributed by atoms with E-state index in [0.717, 1.165) is 0 Å². The first-order chi connectivity index (χ1) is 7.99. The molecule has 0 saturated carbocycles. The van der Waals surface area contributed by atoms with Crippen molar-refractivity contribution in [2.75, 3.05) is 19.8 Å². The molecule has 0 aliphatic carbocycles. The minimum atomic E-state index is -0.154. The highest BCUT2D eigenvalue weighted by Gasteiger charge is 2.14. The lowest BCUT2D eigenvalue weighted by Gasteiger charge is -2.06. The zero-order chi connectivity index (χ0) is 12.6. The van der Waals surface area contributed by atoms with Gasteiger partial charge in [0.15, 0.2) is 11.5 Å². The summed E-state index contributed by atoms with van der Waals surface area (Å²) >= 11 is 0. The summed E-state index contributed by atoms with van der Waals surface area (Å²) in [4.78, 5) is 13.1. The molecule has 0 bridgehead atoms. The maximum atomic E-state index is 11.7. The first-order valence-corrected chi connectivity index (χ1v) is 5.06. The SMILES string of the molecule is CN(C)C(=O)c1ccn(-c2nn(C)cc2N)n1. The van der Waals surface area contributed by atoms with Gasteiger partial charge in [0.2, 0.25) is 0 Å². The molecule has 0 aliphatic rings. The molecule has 0 saturated heterocycles. The molecule has 90 valence electrons. The lowest BCUT2D eigenvalue weighted by atomic mass is 10.4. The maximum Gasteiger partial charge on any atom is 0.273 e. The fourth-order valence-corrected chi connectivity index (χ4v) is 1.46. The molecule has 0 aliphatic heterocycles. The van der Waals surface area contributed by atoms with Gasteiger partial charge in [-0.05, 0) is 6.07 Å². The molecule has 2 aromatic rings. The second kappa shape index (κ2) is 3.93. The zero-order valence-corrected chi connectivity index (χ0v) is 9.95. The summed E-state index contributed by atoms with van der Waals surface area (Å²) < 4.78 is 3.09. The number of aromatic nitrogens is 4. The Bertz CT molecular complexity index is 553. The number of rotatable bonds is 2. The van der Waals surface area contributed by atoms with E-state index in [0.29, 0.717) is 17.2 Å². The number of amides is 1. The third-order valence-corrected chi connectivity index (χ3v) is 2.27. The van der Waals surface area contributed by atoms with Crippen molar-refractivity contribution in [2.45, 2.75) is 0 Å². The topological polar surface area (TPSA) is 82.0 Å². The lowest BCUT2D eigenvalue weighted by molar-refractivity contribution is 0.0821. The smallest absolute Gasteiger partial charge is 0.273 e. The highest BCUT2D eigenvalue weighted by atomic mass is 16.2. The fraction of sp³-hybridized carbons (Fsp3) is 0.300. The van der Waals surface area contributed by atoms with Gasteiger partial charge in [-0.25, -0.2) is 4.68 Å². The van der Waals surface area contributed by atoms with Crippen LogP contribution in [-0.2, 0) is 7.05 Å². The van der Waals surface area contributed by atoms with Crippen LogP contribution in [0.4, 0.5) is 5.69 Å². The summed E-state index contributed by atoms with van der Waals surface area (Å²) in [7, 11) is 5.13. The van der Waals surface area contributed by atoms with Crippen LogP contribution in [0.15, 0.2) is 18.5 Å². The van der Waals surface area contributed by atoms with E-state index in [-0.39, 0.29) is 5.91 Å². The molecule has 0 aromatic carbocycles. The summed E-state index contributed by atoms with van der Waals surface area (Å²) in [6.07, 6.45) is 3.35. The van der Waals surface area contributed by atoms with Crippen molar-refractivity contribution in [2.24, 2.45) is 7.05 Å². The number of nitrogen functional groups attached to an aromatic ring is 1. The van der Waals surface area contributed by atoms with Crippen molar-refractivity contribution in [3.8, 4) is 5.82 Å². The third kappa shape index (κ3) is 1.99. The fourth-order valence-electron chi connectivity index (χ4n) is 1.46. The van der Waals surface area contributed by atoms with Gasteiger partial charge in [0.25, 0.3) is 5.91 Å². The van der Waals surface area contributed by atoms with E-state index in [2.05, 4.69) is 10.2 Å². The molecular weight excluding hydrogens is 220 g/mol. The van der Waals surface area contributed by atoms with Gasteiger partial charge in [-0.2, -0.15) is 10.2 Å². The molecule has 2 aromatic heterocycles. The maximum absolute atomic E-state index is 11.7. The number of nitrogens with zero attached hydrogens (tertiary/aromatic N) is 5. The monoisotopic (exact) mass is 234 g/mol. The van der Waals surface area contributed by atoms with Crippen molar-refractivity contribution in [3.05, 3.63) is 24.2 Å². The molecule has 0 radical (unpaired) electrons. The van der Waals surface area contributed by atoms with Crippen LogP contribution in [0, 0.1) is 0 Å². The number of nitrogens with two attached hydrogens (primary N) is 1. The van der Waals surface area contributed by atoms with Crippen molar-refractivity contribution in [1.82, 2.24) is 24.5 Å². The van der Waals surface area contributed by atoms with Crippen LogP contribution in [0.1, 0.15) is 10.5 Å². The van der Waals surface area contributed by atoms with E-state index < -0.39 is 0 Å². The van der Waals surface area contributed by atoms with Gasteiger partial charge in [0, 0.05) is 33.5 Å². The normalized spacial score (nSPS) is 10.5. The number of aryl methyl sites for hydroxylation is 1. The largest absolute Gasteiger partial charge is 0.394 e. The Labute approximate surface area is 98.4 Å². The molecule has 7 nitrogen and oxygen atoms in total. The molecule has 0 unspecified atom stereocenters. The summed E-state index contributed by atoms with van der Waals surface area (Å²) in [6, 6.07) is 1.64. The second-order valence-corrected chi connectivity index (χ2v) is 3.93. The molecule has 0 atom stereocenters. The lowest BCUT2D eigenvalue weighted by Crippen LogP contribution is -2.22. The van der Waals surface area contributed by atoms with Crippen LogP contribution in [0.5, 0.6) is 0 Å². The predicted molar refractivity (Wildman–Crippen MR) is 62.8 cm³/mol. The highest BCUT2D eigenvalue weighted by Crippen LogP contribution is 2.13. The van der Waals surface area contributed by atoms with Crippen LogP contribution in [-0.4, -0.2) is 44.5 Å². The van der Waals surface area contributed by atoms with Gasteiger partial charge in [-0.15, -0.1) is 0 Å². The number of hydrogen-bond acceptors (Lipinski definition) is 4. The van der Waals surface area contributed by atoms with Crippen LogP contribution in [0.2, 0.25) is 0 Å². The van der Waals surface area contributed by atoms with Crippen molar-refractivity contribution >= 4 is 11.6 Å². The average Bonchev–Trinajstić information content (AvgIpc) is 2.83. The van der Waals surface area contributed by atoms with E-state index in [4.69, 9.17) is 5.73 Å². The number of anilines is 1. The van der Waals surface area contributed by atoms with Crippen molar-refractivity contribution < 1.29 is 4.79 Å². The van der Waals surface area contributed by atoms with Crippen molar-refractivity contribution in [1.29, 1.82) is 0 Å². The summed E-state index contributed by atoms with van der Waals surface area (Å²) in [5.41, 5.74) is 6.65. The van der Waals surface area contributed by atoms with E-state index in [1.807, 2.05) is 0 Å². The first kappa shape index (κ1) is 11.2. The van der Waals surface area contributed by atoms with E-state index in [1.165, 1.54) is 9.58 Å². The Balaban J connectivity index is 2.36. The summed E-state index contributed by atoms with van der Waals surface area (Å²) in [5.74, 6) is 0.364. The Kier molecular flexibility index (Phi) is 2.58. The molecule has 2 N–H and O–H groups in total. The van der Waals surface area contributed by atoms with Gasteiger partial charge >= 0.3 is 0 Å². The van der Waals surface area contributed by atoms with Gasteiger partial charge in [-0.1, -0.05) is 0 Å². The minimum Gasteiger partial charge on any atom is -0.394 e. The summed E-state index contributed by atoms with van der Waals surface area (Å²) in [6.45, 7) is 0. The van der Waals surface area contributed by atoms with Crippen LogP contribution in [0.3, 0.4) is 0 Å². The molecule has 2 rings (SSSR count). The van der Waals surface area contributed by atoms with Crippen LogP contribution >= 0.6 is 0 Å². The molecule has 17 heavy (non-hydrogen) atoms. The Morgan fingerprint density at radius 1 is 1.41 bits per heavy atom. The molecule has 0 fully saturated rings. The Morgan fingerprint density at radius 3 is 2.65 bits per heavy atom.